The molecule has 0 saturated carbocycles. The zero-order chi connectivity index (χ0) is 17.4. The highest BCUT2D eigenvalue weighted by atomic mass is 35.5. The lowest BCUT2D eigenvalue weighted by atomic mass is 10.2. The first-order chi connectivity index (χ1) is 11.3. The summed E-state index contributed by atoms with van der Waals surface area (Å²) in [5.74, 6) is -0.542. The first-order valence-electron chi connectivity index (χ1n) is 7.25. The number of nitrogens with one attached hydrogen (secondary N) is 1. The van der Waals surface area contributed by atoms with Gasteiger partial charge in [-0.15, -0.1) is 11.3 Å². The van der Waals surface area contributed by atoms with Gasteiger partial charge in [0.25, 0.3) is 0 Å². The number of rotatable bonds is 5. The molecule has 1 aromatic carbocycles. The largest absolute Gasteiger partial charge is 0.308 e. The average Bonchev–Trinajstić information content (AvgIpc) is 3.10. The molecule has 0 aliphatic carbocycles. The van der Waals surface area contributed by atoms with Crippen LogP contribution in [-0.4, -0.2) is 39.6 Å². The van der Waals surface area contributed by atoms with Crippen molar-refractivity contribution in [2.45, 2.75) is 22.0 Å². The highest BCUT2D eigenvalue weighted by Gasteiger charge is 2.46. The molecule has 1 N–H and O–H groups in total. The summed E-state index contributed by atoms with van der Waals surface area (Å²) in [6.45, 7) is 0.415. The fourth-order valence-corrected chi connectivity index (χ4v) is 9.18. The Kier molecular flexibility index (Phi) is 5.04. The number of sulfone groups is 2. The predicted octanol–water partition coefficient (Wildman–Crippen LogP) is 2.13. The molecule has 9 heteroatoms. The second-order valence-corrected chi connectivity index (χ2v) is 12.0. The van der Waals surface area contributed by atoms with Crippen LogP contribution in [0.15, 0.2) is 46.7 Å². The monoisotopic (exact) mass is 405 g/mol. The van der Waals surface area contributed by atoms with Crippen LogP contribution in [0.5, 0.6) is 0 Å². The molecule has 1 fully saturated rings. The van der Waals surface area contributed by atoms with Crippen LogP contribution in [0, 0.1) is 0 Å². The molecule has 0 bridgehead atoms. The van der Waals surface area contributed by atoms with Crippen LogP contribution >= 0.6 is 22.9 Å². The number of hydrogen-bond donors (Lipinski definition) is 1. The van der Waals surface area contributed by atoms with Gasteiger partial charge in [-0.3, -0.25) is 0 Å². The maximum atomic E-state index is 12.8. The van der Waals surface area contributed by atoms with Gasteiger partial charge in [0.1, 0.15) is 4.21 Å². The van der Waals surface area contributed by atoms with Crippen LogP contribution in [-0.2, 0) is 26.2 Å². The summed E-state index contributed by atoms with van der Waals surface area (Å²) < 4.78 is 50.1. The Bertz CT molecular complexity index is 923. The summed E-state index contributed by atoms with van der Waals surface area (Å²) in [5, 5.41) is 2.10. The molecule has 0 unspecified atom stereocenters. The van der Waals surface area contributed by atoms with Crippen molar-refractivity contribution in [2.75, 3.05) is 11.5 Å². The van der Waals surface area contributed by atoms with Gasteiger partial charge in [0.05, 0.1) is 21.1 Å². The molecule has 0 amide bonds. The number of halogens is 1. The van der Waals surface area contributed by atoms with Gasteiger partial charge in [-0.1, -0.05) is 41.9 Å². The molecule has 5 nitrogen and oxygen atoms in total. The lowest BCUT2D eigenvalue weighted by molar-refractivity contribution is 0.527. The molecule has 1 aromatic heterocycles. The lowest BCUT2D eigenvalue weighted by Crippen LogP contribution is -2.42. The van der Waals surface area contributed by atoms with Gasteiger partial charge in [0.2, 0.25) is 0 Å². The smallest absolute Gasteiger partial charge is 0.193 e. The van der Waals surface area contributed by atoms with E-state index < -0.39 is 31.0 Å². The molecule has 1 aliphatic heterocycles. The molecule has 1 aliphatic rings. The van der Waals surface area contributed by atoms with Crippen molar-refractivity contribution in [1.82, 2.24) is 5.32 Å². The van der Waals surface area contributed by atoms with E-state index in [1.165, 1.54) is 12.1 Å². The Labute approximate surface area is 150 Å². The molecular formula is C15H16ClNO4S3. The maximum Gasteiger partial charge on any atom is 0.193 e. The van der Waals surface area contributed by atoms with Crippen molar-refractivity contribution in [3.63, 3.8) is 0 Å². The SMILES string of the molecule is O=S1(=O)C[C@H](NCc2ccccc2)[C@@H](S(=O)(=O)c2ccc(Cl)s2)C1. The summed E-state index contributed by atoms with van der Waals surface area (Å²) in [4.78, 5) is 0. The number of benzene rings is 1. The Morgan fingerprint density at radius 1 is 1.12 bits per heavy atom. The van der Waals surface area contributed by atoms with Crippen molar-refractivity contribution < 1.29 is 16.8 Å². The van der Waals surface area contributed by atoms with Crippen molar-refractivity contribution in [3.8, 4) is 0 Å². The summed E-state index contributed by atoms with van der Waals surface area (Å²) >= 11 is 6.78. The Morgan fingerprint density at radius 3 is 2.46 bits per heavy atom. The van der Waals surface area contributed by atoms with Gasteiger partial charge in [-0.25, -0.2) is 16.8 Å². The van der Waals surface area contributed by atoms with E-state index in [9.17, 15) is 16.8 Å². The third kappa shape index (κ3) is 3.83. The topological polar surface area (TPSA) is 80.3 Å². The van der Waals surface area contributed by atoms with Gasteiger partial charge in [-0.2, -0.15) is 0 Å². The van der Waals surface area contributed by atoms with Crippen LogP contribution < -0.4 is 5.32 Å². The molecule has 1 saturated heterocycles. The zero-order valence-corrected chi connectivity index (χ0v) is 15.8. The highest BCUT2D eigenvalue weighted by molar-refractivity contribution is 7.97. The number of hydrogen-bond acceptors (Lipinski definition) is 6. The van der Waals surface area contributed by atoms with Crippen molar-refractivity contribution in [2.24, 2.45) is 0 Å². The summed E-state index contributed by atoms with van der Waals surface area (Å²) in [7, 11) is -7.15. The van der Waals surface area contributed by atoms with E-state index in [4.69, 9.17) is 11.6 Å². The van der Waals surface area contributed by atoms with Crippen LogP contribution in [0.25, 0.3) is 0 Å². The first kappa shape index (κ1) is 17.9. The molecule has 2 aromatic rings. The molecule has 24 heavy (non-hydrogen) atoms. The fourth-order valence-electron chi connectivity index (χ4n) is 2.76. The van der Waals surface area contributed by atoms with Crippen molar-refractivity contribution in [1.29, 1.82) is 0 Å². The summed E-state index contributed by atoms with van der Waals surface area (Å²) in [6, 6.07) is 11.8. The molecule has 3 rings (SSSR count). The van der Waals surface area contributed by atoms with Gasteiger partial charge in [0.15, 0.2) is 19.7 Å². The van der Waals surface area contributed by atoms with E-state index in [0.29, 0.717) is 10.9 Å². The standard InChI is InChI=1S/C15H16ClNO4S3/c16-14-6-7-15(22-14)24(20,21)13-10-23(18,19)9-12(13)17-8-11-4-2-1-3-5-11/h1-7,12-13,17H,8-10H2/t12-,13-/m0/s1. The van der Waals surface area contributed by atoms with Crippen molar-refractivity contribution >= 4 is 42.6 Å². The minimum atomic E-state index is -3.75. The summed E-state index contributed by atoms with van der Waals surface area (Å²) in [5.41, 5.74) is 0.970. The molecule has 2 atom stereocenters. The predicted molar refractivity (Wildman–Crippen MR) is 96.0 cm³/mol. The quantitative estimate of drug-likeness (QED) is 0.824. The Balaban J connectivity index is 1.84. The third-order valence-corrected chi connectivity index (χ3v) is 9.85. The second-order valence-electron chi connectivity index (χ2n) is 5.69. The molecule has 0 spiro atoms. The molecule has 0 radical (unpaired) electrons. The van der Waals surface area contributed by atoms with E-state index in [2.05, 4.69) is 5.32 Å². The normalized spacial score (nSPS) is 23.4. The van der Waals surface area contributed by atoms with Crippen LogP contribution in [0.2, 0.25) is 4.34 Å². The van der Waals surface area contributed by atoms with Crippen molar-refractivity contribution in [3.05, 3.63) is 52.4 Å². The summed E-state index contributed by atoms with van der Waals surface area (Å²) in [6.07, 6.45) is 0. The fraction of sp³-hybridized carbons (Fsp3) is 0.333. The van der Waals surface area contributed by atoms with E-state index >= 15 is 0 Å². The molecule has 2 heterocycles. The lowest BCUT2D eigenvalue weighted by Gasteiger charge is -2.19. The minimum absolute atomic E-state index is 0.112. The van der Waals surface area contributed by atoms with Crippen LogP contribution in [0.4, 0.5) is 0 Å². The van der Waals surface area contributed by atoms with Crippen LogP contribution in [0.1, 0.15) is 5.56 Å². The second kappa shape index (κ2) is 6.76. The molecular weight excluding hydrogens is 390 g/mol. The highest BCUT2D eigenvalue weighted by Crippen LogP contribution is 2.32. The Morgan fingerprint density at radius 2 is 1.83 bits per heavy atom. The van der Waals surface area contributed by atoms with Gasteiger partial charge >= 0.3 is 0 Å². The third-order valence-electron chi connectivity index (χ3n) is 3.94. The first-order valence-corrected chi connectivity index (χ1v) is 11.8. The van der Waals surface area contributed by atoms with Gasteiger partial charge in [-0.05, 0) is 17.7 Å². The van der Waals surface area contributed by atoms with Crippen LogP contribution in [0.3, 0.4) is 0 Å². The molecule has 130 valence electrons. The van der Waals surface area contributed by atoms with Gasteiger partial charge < -0.3 is 5.32 Å². The zero-order valence-electron chi connectivity index (χ0n) is 12.6. The number of thiophene rings is 1. The minimum Gasteiger partial charge on any atom is -0.308 e. The van der Waals surface area contributed by atoms with E-state index in [-0.39, 0.29) is 15.7 Å². The Hall–Kier alpha value is -0.930. The van der Waals surface area contributed by atoms with E-state index in [1.54, 1.807) is 0 Å². The van der Waals surface area contributed by atoms with Gasteiger partial charge in [0, 0.05) is 12.6 Å². The maximum absolute atomic E-state index is 12.8. The van der Waals surface area contributed by atoms with E-state index in [0.717, 1.165) is 16.9 Å². The van der Waals surface area contributed by atoms with E-state index in [1.807, 2.05) is 30.3 Å². The average molecular weight is 406 g/mol.